The van der Waals surface area contributed by atoms with Crippen LogP contribution < -0.4 is 15.2 Å². The smallest absolute Gasteiger partial charge is 0.341 e. The van der Waals surface area contributed by atoms with Crippen LogP contribution in [0.2, 0.25) is 0 Å². The van der Waals surface area contributed by atoms with E-state index in [9.17, 15) is 14.7 Å². The summed E-state index contributed by atoms with van der Waals surface area (Å²) >= 11 is 3.72. The van der Waals surface area contributed by atoms with E-state index in [4.69, 9.17) is 14.1 Å². The summed E-state index contributed by atoms with van der Waals surface area (Å²) in [7, 11) is 1.71. The monoisotopic (exact) mass is 621 g/mol. The molecule has 1 N–H and O–H groups in total. The number of oxazole rings is 1. The second-order valence-electron chi connectivity index (χ2n) is 10.4. The molecule has 41 heavy (non-hydrogen) atoms. The molecule has 11 heteroatoms. The number of fused-ring (bicyclic) bond motifs is 1. The zero-order valence-electron chi connectivity index (χ0n) is 22.9. The van der Waals surface area contributed by atoms with Gasteiger partial charge in [0.1, 0.15) is 11.1 Å². The molecular formula is C30H32BrN5O5. The fraction of sp³-hybridized carbons (Fsp3) is 0.367. The Hall–Kier alpha value is -3.67. The number of hydrogen-bond acceptors (Lipinski definition) is 8. The van der Waals surface area contributed by atoms with Gasteiger partial charge < -0.3 is 28.6 Å². The van der Waals surface area contributed by atoms with Crippen LogP contribution in [0.25, 0.3) is 28.0 Å². The molecule has 0 atom stereocenters. The maximum Gasteiger partial charge on any atom is 0.341 e. The second kappa shape index (κ2) is 11.7. The number of pyridine rings is 1. The number of nitrogens with zero attached hydrogens (tertiary/aromatic N) is 5. The summed E-state index contributed by atoms with van der Waals surface area (Å²) in [6.07, 6.45) is 3.72. The Morgan fingerprint density at radius 3 is 2.51 bits per heavy atom. The molecule has 0 saturated carbocycles. The minimum absolute atomic E-state index is 0.300. The number of aromatic carboxylic acids is 1. The molecule has 0 unspecified atom stereocenters. The quantitative estimate of drug-likeness (QED) is 0.305. The molecule has 4 heterocycles. The molecule has 2 aliphatic heterocycles. The number of methoxy groups -OCH3 is 1. The van der Waals surface area contributed by atoms with Crippen molar-refractivity contribution >= 4 is 44.7 Å². The Morgan fingerprint density at radius 2 is 1.80 bits per heavy atom. The summed E-state index contributed by atoms with van der Waals surface area (Å²) in [5.41, 5.74) is 3.61. The number of rotatable bonds is 8. The Bertz CT molecular complexity index is 1640. The molecule has 214 valence electrons. The number of carboxylic acid groups (broad SMARTS) is 1. The zero-order chi connectivity index (χ0) is 28.5. The summed E-state index contributed by atoms with van der Waals surface area (Å²) in [6, 6.07) is 13.5. The molecule has 2 fully saturated rings. The maximum atomic E-state index is 12.8. The van der Waals surface area contributed by atoms with E-state index in [1.165, 1.54) is 25.1 Å². The van der Waals surface area contributed by atoms with Crippen LogP contribution >= 0.6 is 15.9 Å². The standard InChI is InChI=1S/C30H32BrN5O5/c1-40-15-14-33-10-12-35(13-11-33)30-32-24-6-5-21(17-28(24)41-30)36-19-22(29(38)39)27(37)18-26(36)20-4-7-25(23(31)16-20)34-8-2-3-9-34/h4-7,16-19H,2-3,8-15H2,1H3,(H,38,39). The molecule has 4 aromatic rings. The first-order chi connectivity index (χ1) is 19.9. The number of ether oxygens (including phenoxy) is 1. The van der Waals surface area contributed by atoms with Crippen LogP contribution in [-0.4, -0.2) is 85.1 Å². The average molecular weight is 623 g/mol. The number of carboxylic acids is 1. The van der Waals surface area contributed by atoms with Crippen molar-refractivity contribution < 1.29 is 19.1 Å². The van der Waals surface area contributed by atoms with Crippen LogP contribution in [0.4, 0.5) is 11.7 Å². The molecular weight excluding hydrogens is 590 g/mol. The molecule has 0 radical (unpaired) electrons. The fourth-order valence-electron chi connectivity index (χ4n) is 5.58. The van der Waals surface area contributed by atoms with Crippen molar-refractivity contribution in [3.05, 3.63) is 68.9 Å². The van der Waals surface area contributed by atoms with Gasteiger partial charge >= 0.3 is 5.97 Å². The third-order valence-electron chi connectivity index (χ3n) is 7.86. The molecule has 2 aliphatic rings. The van der Waals surface area contributed by atoms with Crippen molar-refractivity contribution in [3.8, 4) is 16.9 Å². The molecule has 2 aromatic heterocycles. The number of carbonyl (C=O) groups is 1. The van der Waals surface area contributed by atoms with Gasteiger partial charge in [-0.1, -0.05) is 6.07 Å². The minimum atomic E-state index is -1.27. The molecule has 0 bridgehead atoms. The van der Waals surface area contributed by atoms with Crippen molar-refractivity contribution in [3.63, 3.8) is 0 Å². The predicted molar refractivity (Wildman–Crippen MR) is 162 cm³/mol. The van der Waals surface area contributed by atoms with Gasteiger partial charge in [0, 0.05) is 81.4 Å². The summed E-state index contributed by atoms with van der Waals surface area (Å²) in [4.78, 5) is 36.2. The number of hydrogen-bond donors (Lipinski definition) is 1. The Balaban J connectivity index is 1.35. The van der Waals surface area contributed by atoms with Gasteiger partial charge in [-0.05, 0) is 58.6 Å². The molecule has 6 rings (SSSR count). The van der Waals surface area contributed by atoms with Gasteiger partial charge in [0.25, 0.3) is 6.01 Å². The summed E-state index contributed by atoms with van der Waals surface area (Å²) < 4.78 is 14.1. The van der Waals surface area contributed by atoms with Crippen LogP contribution in [0.5, 0.6) is 0 Å². The van der Waals surface area contributed by atoms with Gasteiger partial charge in [-0.3, -0.25) is 9.69 Å². The first kappa shape index (κ1) is 27.5. The van der Waals surface area contributed by atoms with Gasteiger partial charge in [-0.25, -0.2) is 4.79 Å². The lowest BCUT2D eigenvalue weighted by atomic mass is 10.1. The van der Waals surface area contributed by atoms with E-state index in [0.717, 1.165) is 61.5 Å². The lowest BCUT2D eigenvalue weighted by Gasteiger charge is -2.33. The largest absolute Gasteiger partial charge is 0.477 e. The van der Waals surface area contributed by atoms with E-state index in [1.807, 2.05) is 36.4 Å². The van der Waals surface area contributed by atoms with Gasteiger partial charge in [0.2, 0.25) is 0 Å². The first-order valence-corrected chi connectivity index (χ1v) is 14.6. The SMILES string of the molecule is COCCN1CCN(c2nc3ccc(-n4cc(C(=O)O)c(=O)cc4-c4ccc(N5CCCC5)c(Br)c4)cc3o2)CC1. The van der Waals surface area contributed by atoms with Crippen molar-refractivity contribution in [2.75, 3.05) is 69.3 Å². The number of aromatic nitrogens is 2. The van der Waals surface area contributed by atoms with E-state index in [-0.39, 0.29) is 5.56 Å². The second-order valence-corrected chi connectivity index (χ2v) is 11.3. The van der Waals surface area contributed by atoms with Crippen LogP contribution in [0.3, 0.4) is 0 Å². The number of anilines is 2. The van der Waals surface area contributed by atoms with E-state index < -0.39 is 11.4 Å². The van der Waals surface area contributed by atoms with Crippen LogP contribution in [-0.2, 0) is 4.74 Å². The van der Waals surface area contributed by atoms with Crippen LogP contribution in [0, 0.1) is 0 Å². The van der Waals surface area contributed by atoms with Gasteiger partial charge in [-0.2, -0.15) is 4.98 Å². The maximum absolute atomic E-state index is 12.8. The van der Waals surface area contributed by atoms with Crippen molar-refractivity contribution in [2.24, 2.45) is 0 Å². The van der Waals surface area contributed by atoms with E-state index in [2.05, 4.69) is 30.6 Å². The lowest BCUT2D eigenvalue weighted by molar-refractivity contribution is 0.0695. The average Bonchev–Trinajstić information content (AvgIpc) is 3.66. The minimum Gasteiger partial charge on any atom is -0.477 e. The molecule has 2 saturated heterocycles. The van der Waals surface area contributed by atoms with Gasteiger partial charge in [-0.15, -0.1) is 0 Å². The highest BCUT2D eigenvalue weighted by Gasteiger charge is 2.22. The Kier molecular flexibility index (Phi) is 7.83. The zero-order valence-corrected chi connectivity index (χ0v) is 24.5. The van der Waals surface area contributed by atoms with E-state index >= 15 is 0 Å². The summed E-state index contributed by atoms with van der Waals surface area (Å²) in [5.74, 6) is -1.27. The lowest BCUT2D eigenvalue weighted by Crippen LogP contribution is -2.47. The number of halogens is 1. The third-order valence-corrected chi connectivity index (χ3v) is 8.50. The van der Waals surface area contributed by atoms with Crippen molar-refractivity contribution in [1.82, 2.24) is 14.5 Å². The molecule has 2 aromatic carbocycles. The highest BCUT2D eigenvalue weighted by molar-refractivity contribution is 9.10. The first-order valence-electron chi connectivity index (χ1n) is 13.8. The normalized spacial score (nSPS) is 16.1. The molecule has 10 nitrogen and oxygen atoms in total. The predicted octanol–water partition coefficient (Wildman–Crippen LogP) is 4.48. The van der Waals surface area contributed by atoms with E-state index in [1.54, 1.807) is 11.7 Å². The number of benzene rings is 2. The highest BCUT2D eigenvalue weighted by atomic mass is 79.9. The Labute approximate surface area is 245 Å². The van der Waals surface area contributed by atoms with Gasteiger partial charge in [0.05, 0.1) is 18.0 Å². The topological polar surface area (TPSA) is 104 Å². The van der Waals surface area contributed by atoms with Crippen molar-refractivity contribution in [2.45, 2.75) is 12.8 Å². The number of piperazine rings is 1. The highest BCUT2D eigenvalue weighted by Crippen LogP contribution is 2.34. The fourth-order valence-corrected chi connectivity index (χ4v) is 6.21. The Morgan fingerprint density at radius 1 is 1.02 bits per heavy atom. The van der Waals surface area contributed by atoms with Gasteiger partial charge in [0.15, 0.2) is 11.0 Å². The molecule has 0 aliphatic carbocycles. The van der Waals surface area contributed by atoms with Crippen LogP contribution in [0.15, 0.2) is 62.3 Å². The molecule has 0 amide bonds. The molecule has 0 spiro atoms. The van der Waals surface area contributed by atoms with Crippen molar-refractivity contribution in [1.29, 1.82) is 0 Å². The van der Waals surface area contributed by atoms with Crippen LogP contribution in [0.1, 0.15) is 23.2 Å². The van der Waals surface area contributed by atoms with E-state index in [0.29, 0.717) is 35.1 Å². The third kappa shape index (κ3) is 5.61. The summed E-state index contributed by atoms with van der Waals surface area (Å²) in [6.45, 7) is 7.04. The summed E-state index contributed by atoms with van der Waals surface area (Å²) in [5, 5.41) is 9.72.